The predicted molar refractivity (Wildman–Crippen MR) is 99.2 cm³/mol. The Balaban J connectivity index is 1.47. The van der Waals surface area contributed by atoms with Crippen LogP contribution in [-0.4, -0.2) is 49.6 Å². The summed E-state index contributed by atoms with van der Waals surface area (Å²) in [6.45, 7) is 6.87. The van der Waals surface area contributed by atoms with E-state index in [1.54, 1.807) is 0 Å². The third kappa shape index (κ3) is 4.72. The summed E-state index contributed by atoms with van der Waals surface area (Å²) in [5.74, 6) is 0.474. The lowest BCUT2D eigenvalue weighted by atomic mass is 10.0. The van der Waals surface area contributed by atoms with Crippen LogP contribution in [0.2, 0.25) is 0 Å². The van der Waals surface area contributed by atoms with E-state index < -0.39 is 0 Å². The molecule has 2 aliphatic rings. The minimum Gasteiger partial charge on any atom is -0.371 e. The molecule has 4 nitrogen and oxygen atoms in total. The molecule has 0 aromatic heterocycles. The van der Waals surface area contributed by atoms with Gasteiger partial charge in [0.2, 0.25) is 5.91 Å². The second kappa shape index (κ2) is 8.65. The van der Waals surface area contributed by atoms with Crippen molar-refractivity contribution in [1.82, 2.24) is 10.2 Å². The van der Waals surface area contributed by atoms with Crippen LogP contribution in [0.1, 0.15) is 39.0 Å². The molecule has 0 spiro atoms. The quantitative estimate of drug-likeness (QED) is 0.859. The summed E-state index contributed by atoms with van der Waals surface area (Å²) >= 11 is 0. The van der Waals surface area contributed by atoms with Crippen LogP contribution in [-0.2, 0) is 4.79 Å². The van der Waals surface area contributed by atoms with Crippen LogP contribution in [0.4, 0.5) is 10.1 Å². The van der Waals surface area contributed by atoms with E-state index in [-0.39, 0.29) is 17.8 Å². The number of nitrogens with zero attached hydrogens (tertiary/aromatic N) is 2. The molecule has 0 radical (unpaired) electrons. The first-order valence-corrected chi connectivity index (χ1v) is 9.69. The number of hydrogen-bond acceptors (Lipinski definition) is 3. The maximum absolute atomic E-state index is 13.1. The fraction of sp³-hybridized carbons (Fsp3) is 0.650. The zero-order chi connectivity index (χ0) is 17.6. The number of halogens is 1. The van der Waals surface area contributed by atoms with Gasteiger partial charge in [-0.3, -0.25) is 9.69 Å². The number of hydrogen-bond donors (Lipinski definition) is 1. The molecule has 2 aliphatic heterocycles. The smallest absolute Gasteiger partial charge is 0.237 e. The fourth-order valence-electron chi connectivity index (χ4n) is 4.09. The number of piperidine rings is 1. The zero-order valence-corrected chi connectivity index (χ0v) is 15.2. The van der Waals surface area contributed by atoms with Crippen molar-refractivity contribution in [2.45, 2.75) is 45.1 Å². The first-order chi connectivity index (χ1) is 12.2. The highest BCUT2D eigenvalue weighted by Crippen LogP contribution is 2.24. The first kappa shape index (κ1) is 18.2. The van der Waals surface area contributed by atoms with Gasteiger partial charge in [-0.25, -0.2) is 4.39 Å². The van der Waals surface area contributed by atoms with E-state index in [0.717, 1.165) is 64.1 Å². The van der Waals surface area contributed by atoms with Gasteiger partial charge in [0.1, 0.15) is 5.82 Å². The highest BCUT2D eigenvalue weighted by molar-refractivity contribution is 5.81. The molecule has 25 heavy (non-hydrogen) atoms. The number of likely N-dealkylation sites (tertiary alicyclic amines) is 1. The van der Waals surface area contributed by atoms with Crippen molar-refractivity contribution >= 4 is 11.6 Å². The number of carbonyl (C=O) groups excluding carboxylic acids is 1. The lowest BCUT2D eigenvalue weighted by Crippen LogP contribution is -2.50. The van der Waals surface area contributed by atoms with Crippen molar-refractivity contribution in [2.24, 2.45) is 5.92 Å². The van der Waals surface area contributed by atoms with E-state index in [1.807, 2.05) is 12.1 Å². The van der Waals surface area contributed by atoms with Crippen LogP contribution >= 0.6 is 0 Å². The molecular formula is C20H30FN3O. The molecule has 0 aliphatic carbocycles. The van der Waals surface area contributed by atoms with Crippen LogP contribution in [0.15, 0.2) is 24.3 Å². The van der Waals surface area contributed by atoms with Crippen molar-refractivity contribution in [3.05, 3.63) is 30.1 Å². The Kier molecular flexibility index (Phi) is 6.29. The van der Waals surface area contributed by atoms with E-state index in [9.17, 15) is 9.18 Å². The third-order valence-electron chi connectivity index (χ3n) is 5.47. The number of anilines is 1. The molecule has 2 fully saturated rings. The Hall–Kier alpha value is -1.62. The monoisotopic (exact) mass is 347 g/mol. The molecular weight excluding hydrogens is 317 g/mol. The fourth-order valence-corrected chi connectivity index (χ4v) is 4.09. The summed E-state index contributed by atoms with van der Waals surface area (Å²) in [6, 6.07) is 6.75. The first-order valence-electron chi connectivity index (χ1n) is 9.69. The summed E-state index contributed by atoms with van der Waals surface area (Å²) in [7, 11) is 0. The SMILES string of the molecule is CCCN1CCCCC1C(=O)NCC1CCN(c2ccc(F)cc2)C1. The number of amides is 1. The Labute approximate surface area is 150 Å². The molecule has 2 heterocycles. The van der Waals surface area contributed by atoms with Crippen LogP contribution in [0, 0.1) is 11.7 Å². The molecule has 2 saturated heterocycles. The zero-order valence-electron chi connectivity index (χ0n) is 15.2. The number of nitrogens with one attached hydrogen (secondary N) is 1. The van der Waals surface area contributed by atoms with Crippen molar-refractivity contribution in [1.29, 1.82) is 0 Å². The Morgan fingerprint density at radius 3 is 2.76 bits per heavy atom. The summed E-state index contributed by atoms with van der Waals surface area (Å²) < 4.78 is 13.1. The molecule has 2 unspecified atom stereocenters. The number of carbonyl (C=O) groups is 1. The van der Waals surface area contributed by atoms with Gasteiger partial charge in [-0.2, -0.15) is 0 Å². The van der Waals surface area contributed by atoms with Gasteiger partial charge in [0.15, 0.2) is 0 Å². The van der Waals surface area contributed by atoms with E-state index in [1.165, 1.54) is 18.6 Å². The van der Waals surface area contributed by atoms with E-state index >= 15 is 0 Å². The molecule has 5 heteroatoms. The van der Waals surface area contributed by atoms with E-state index in [4.69, 9.17) is 0 Å². The minimum atomic E-state index is -0.198. The lowest BCUT2D eigenvalue weighted by molar-refractivity contribution is -0.127. The molecule has 1 amide bonds. The molecule has 1 aromatic rings. The van der Waals surface area contributed by atoms with Gasteiger partial charge in [0.05, 0.1) is 6.04 Å². The molecule has 1 aromatic carbocycles. The Morgan fingerprint density at radius 2 is 2.00 bits per heavy atom. The molecule has 138 valence electrons. The van der Waals surface area contributed by atoms with Crippen LogP contribution < -0.4 is 10.2 Å². The normalized spacial score (nSPS) is 24.5. The molecule has 1 N–H and O–H groups in total. The highest BCUT2D eigenvalue weighted by atomic mass is 19.1. The van der Waals surface area contributed by atoms with Gasteiger partial charge in [-0.05, 0) is 69.0 Å². The van der Waals surface area contributed by atoms with E-state index in [0.29, 0.717) is 5.92 Å². The maximum atomic E-state index is 13.1. The Bertz CT molecular complexity index is 561. The molecule has 3 rings (SSSR count). The molecule has 2 atom stereocenters. The topological polar surface area (TPSA) is 35.6 Å². The highest BCUT2D eigenvalue weighted by Gasteiger charge is 2.29. The Morgan fingerprint density at radius 1 is 1.20 bits per heavy atom. The van der Waals surface area contributed by atoms with Gasteiger partial charge in [-0.1, -0.05) is 13.3 Å². The largest absolute Gasteiger partial charge is 0.371 e. The van der Waals surface area contributed by atoms with Gasteiger partial charge < -0.3 is 10.2 Å². The van der Waals surface area contributed by atoms with Crippen molar-refractivity contribution in [3.8, 4) is 0 Å². The summed E-state index contributed by atoms with van der Waals surface area (Å²) in [4.78, 5) is 17.2. The number of rotatable bonds is 6. The second-order valence-electron chi connectivity index (χ2n) is 7.37. The summed E-state index contributed by atoms with van der Waals surface area (Å²) in [5, 5.41) is 3.20. The van der Waals surface area contributed by atoms with Crippen molar-refractivity contribution in [3.63, 3.8) is 0 Å². The van der Waals surface area contributed by atoms with Crippen molar-refractivity contribution in [2.75, 3.05) is 37.6 Å². The average molecular weight is 347 g/mol. The van der Waals surface area contributed by atoms with Crippen LogP contribution in [0.25, 0.3) is 0 Å². The second-order valence-corrected chi connectivity index (χ2v) is 7.37. The van der Waals surface area contributed by atoms with Gasteiger partial charge in [0.25, 0.3) is 0 Å². The summed E-state index contributed by atoms with van der Waals surface area (Å²) in [6.07, 6.45) is 5.51. The minimum absolute atomic E-state index is 0.0586. The van der Waals surface area contributed by atoms with E-state index in [2.05, 4.69) is 22.0 Å². The van der Waals surface area contributed by atoms with Crippen LogP contribution in [0.3, 0.4) is 0 Å². The standard InChI is InChI=1S/C20H30FN3O/c1-2-11-23-12-4-3-5-19(23)20(25)22-14-16-10-13-24(15-16)18-8-6-17(21)7-9-18/h6-9,16,19H,2-5,10-15H2,1H3,(H,22,25). The lowest BCUT2D eigenvalue weighted by Gasteiger charge is -2.34. The van der Waals surface area contributed by atoms with Gasteiger partial charge >= 0.3 is 0 Å². The maximum Gasteiger partial charge on any atom is 0.237 e. The average Bonchev–Trinajstić information content (AvgIpc) is 3.10. The van der Waals surface area contributed by atoms with Crippen LogP contribution in [0.5, 0.6) is 0 Å². The molecule has 0 bridgehead atoms. The van der Waals surface area contributed by atoms with Gasteiger partial charge in [0, 0.05) is 25.3 Å². The summed E-state index contributed by atoms with van der Waals surface area (Å²) in [5.41, 5.74) is 1.07. The van der Waals surface area contributed by atoms with Crippen molar-refractivity contribution < 1.29 is 9.18 Å². The third-order valence-corrected chi connectivity index (χ3v) is 5.47. The predicted octanol–water partition coefficient (Wildman–Crippen LogP) is 3.03. The molecule has 0 saturated carbocycles. The van der Waals surface area contributed by atoms with Gasteiger partial charge in [-0.15, -0.1) is 0 Å². The number of benzene rings is 1.